The van der Waals surface area contributed by atoms with Crippen LogP contribution in [0.2, 0.25) is 0 Å². The van der Waals surface area contributed by atoms with Gasteiger partial charge in [0.15, 0.2) is 0 Å². The van der Waals surface area contributed by atoms with E-state index in [-0.39, 0.29) is 12.4 Å². The molecule has 0 bridgehead atoms. The van der Waals surface area contributed by atoms with E-state index in [1.165, 1.54) is 27.7 Å². The van der Waals surface area contributed by atoms with Crippen molar-refractivity contribution in [3.63, 3.8) is 0 Å². The third-order valence-electron chi connectivity index (χ3n) is 3.84. The van der Waals surface area contributed by atoms with Gasteiger partial charge in [0, 0.05) is 28.5 Å². The van der Waals surface area contributed by atoms with E-state index in [1.54, 1.807) is 0 Å². The Morgan fingerprint density at radius 2 is 2.21 bits per heavy atom. The number of benzene rings is 1. The highest BCUT2D eigenvalue weighted by molar-refractivity contribution is 6.17. The molecule has 1 atom stereocenters. The van der Waals surface area contributed by atoms with E-state index < -0.39 is 0 Å². The third kappa shape index (κ3) is 2.76. The molecule has 1 aliphatic rings. The topological polar surface area (TPSA) is 27.8 Å². The van der Waals surface area contributed by atoms with Gasteiger partial charge in [-0.1, -0.05) is 11.6 Å². The highest BCUT2D eigenvalue weighted by atomic mass is 35.5. The molecule has 0 aliphatic carbocycles. The molecule has 3 rings (SSSR count). The first-order valence-corrected chi connectivity index (χ1v) is 7.23. The van der Waals surface area contributed by atoms with E-state index in [4.69, 9.17) is 11.6 Å². The summed E-state index contributed by atoms with van der Waals surface area (Å²) in [6.07, 6.45) is 3.30. The normalized spacial score (nSPS) is 18.1. The zero-order valence-electron chi connectivity index (χ0n) is 11.1. The van der Waals surface area contributed by atoms with E-state index in [9.17, 15) is 0 Å². The number of hydrogen-bond donors (Lipinski definition) is 2. The first kappa shape index (κ1) is 14.7. The molecular formula is C15H20Cl2N2. The van der Waals surface area contributed by atoms with Gasteiger partial charge in [0.05, 0.1) is 0 Å². The fraction of sp³-hybridized carbons (Fsp3) is 0.467. The van der Waals surface area contributed by atoms with Crippen molar-refractivity contribution >= 4 is 34.9 Å². The molecule has 2 nitrogen and oxygen atoms in total. The lowest BCUT2D eigenvalue weighted by Crippen LogP contribution is -2.29. The second kappa shape index (κ2) is 6.17. The predicted molar refractivity (Wildman–Crippen MR) is 84.7 cm³/mol. The second-order valence-electron chi connectivity index (χ2n) is 5.15. The molecule has 4 heteroatoms. The van der Waals surface area contributed by atoms with Gasteiger partial charge in [0.1, 0.15) is 0 Å². The van der Waals surface area contributed by atoms with Gasteiger partial charge in [0.2, 0.25) is 0 Å². The number of fused-ring (bicyclic) bond motifs is 3. The van der Waals surface area contributed by atoms with Crippen LogP contribution in [0.3, 0.4) is 0 Å². The Hall–Kier alpha value is -0.700. The number of aromatic nitrogens is 1. The molecule has 0 radical (unpaired) electrons. The van der Waals surface area contributed by atoms with Crippen molar-refractivity contribution in [3.05, 3.63) is 35.0 Å². The Bertz CT molecular complexity index is 563. The minimum absolute atomic E-state index is 0. The summed E-state index contributed by atoms with van der Waals surface area (Å²) in [5.74, 6) is 0.743. The molecule has 19 heavy (non-hydrogen) atoms. The Morgan fingerprint density at radius 1 is 1.37 bits per heavy atom. The lowest BCUT2D eigenvalue weighted by atomic mass is 9.96. The van der Waals surface area contributed by atoms with Crippen molar-refractivity contribution < 1.29 is 0 Å². The van der Waals surface area contributed by atoms with Crippen LogP contribution in [-0.2, 0) is 6.42 Å². The maximum absolute atomic E-state index is 5.81. The van der Waals surface area contributed by atoms with E-state index in [0.29, 0.717) is 6.04 Å². The van der Waals surface area contributed by atoms with Crippen molar-refractivity contribution in [1.82, 2.24) is 10.3 Å². The number of halogens is 2. The van der Waals surface area contributed by atoms with Gasteiger partial charge < -0.3 is 10.3 Å². The minimum Gasteiger partial charge on any atom is -0.357 e. The molecule has 2 N–H and O–H groups in total. The van der Waals surface area contributed by atoms with Crippen LogP contribution in [-0.4, -0.2) is 17.4 Å². The Morgan fingerprint density at radius 3 is 3.00 bits per heavy atom. The lowest BCUT2D eigenvalue weighted by Gasteiger charge is -2.24. The summed E-state index contributed by atoms with van der Waals surface area (Å²) in [6, 6.07) is 7.11. The largest absolute Gasteiger partial charge is 0.357 e. The molecule has 2 heterocycles. The van der Waals surface area contributed by atoms with Gasteiger partial charge in [-0.05, 0) is 50.4 Å². The van der Waals surface area contributed by atoms with E-state index in [2.05, 4.69) is 35.4 Å². The van der Waals surface area contributed by atoms with Crippen molar-refractivity contribution in [2.24, 2.45) is 0 Å². The minimum atomic E-state index is 0. The van der Waals surface area contributed by atoms with Gasteiger partial charge in [0.25, 0.3) is 0 Å². The van der Waals surface area contributed by atoms with Gasteiger partial charge in [-0.25, -0.2) is 0 Å². The van der Waals surface area contributed by atoms with Crippen LogP contribution in [0.5, 0.6) is 0 Å². The molecule has 1 aromatic heterocycles. The zero-order chi connectivity index (χ0) is 12.5. The number of rotatable bonds is 3. The average molecular weight is 299 g/mol. The summed E-state index contributed by atoms with van der Waals surface area (Å²) in [5, 5.41) is 5.00. The molecule has 1 aromatic carbocycles. The van der Waals surface area contributed by atoms with Gasteiger partial charge in [-0.2, -0.15) is 0 Å². The van der Waals surface area contributed by atoms with Crippen LogP contribution >= 0.6 is 24.0 Å². The smallest absolute Gasteiger partial charge is 0.0476 e. The van der Waals surface area contributed by atoms with E-state index >= 15 is 0 Å². The molecule has 1 aliphatic heterocycles. The van der Waals surface area contributed by atoms with Crippen LogP contribution in [0.4, 0.5) is 0 Å². The van der Waals surface area contributed by atoms with Gasteiger partial charge in [-0.3, -0.25) is 0 Å². The Balaban J connectivity index is 0.00000133. The molecule has 1 unspecified atom stereocenters. The van der Waals surface area contributed by atoms with Crippen molar-refractivity contribution in [3.8, 4) is 0 Å². The van der Waals surface area contributed by atoms with Crippen molar-refractivity contribution in [2.75, 3.05) is 12.4 Å². The SMILES string of the molecule is Cc1ccc2[nH]c3c(c2c1)CCNC3CCCCl.Cl. The van der Waals surface area contributed by atoms with Gasteiger partial charge in [-0.15, -0.1) is 24.0 Å². The van der Waals surface area contributed by atoms with Crippen LogP contribution in [0.15, 0.2) is 18.2 Å². The summed E-state index contributed by atoms with van der Waals surface area (Å²) in [4.78, 5) is 3.60. The highest BCUT2D eigenvalue weighted by Gasteiger charge is 2.23. The van der Waals surface area contributed by atoms with Crippen LogP contribution in [0.1, 0.15) is 35.7 Å². The molecule has 0 saturated carbocycles. The van der Waals surface area contributed by atoms with Crippen LogP contribution < -0.4 is 5.32 Å². The van der Waals surface area contributed by atoms with Crippen LogP contribution in [0, 0.1) is 6.92 Å². The fourth-order valence-corrected chi connectivity index (χ4v) is 3.10. The average Bonchev–Trinajstić information content (AvgIpc) is 2.75. The molecule has 0 saturated heterocycles. The zero-order valence-corrected chi connectivity index (χ0v) is 12.7. The first-order valence-electron chi connectivity index (χ1n) is 6.70. The molecule has 0 spiro atoms. The summed E-state index contributed by atoms with van der Waals surface area (Å²) in [5.41, 5.74) is 5.49. The van der Waals surface area contributed by atoms with Crippen LogP contribution in [0.25, 0.3) is 10.9 Å². The Labute approximate surface area is 125 Å². The number of nitrogens with one attached hydrogen (secondary N) is 2. The fourth-order valence-electron chi connectivity index (χ4n) is 2.95. The molecule has 0 amide bonds. The summed E-state index contributed by atoms with van der Waals surface area (Å²) < 4.78 is 0. The maximum atomic E-state index is 5.81. The number of alkyl halides is 1. The molecule has 104 valence electrons. The molecule has 2 aromatic rings. The van der Waals surface area contributed by atoms with Gasteiger partial charge >= 0.3 is 0 Å². The summed E-state index contributed by atoms with van der Waals surface area (Å²) in [6.45, 7) is 3.23. The summed E-state index contributed by atoms with van der Waals surface area (Å²) in [7, 11) is 0. The monoisotopic (exact) mass is 298 g/mol. The Kier molecular flexibility index (Phi) is 4.77. The highest BCUT2D eigenvalue weighted by Crippen LogP contribution is 2.32. The summed E-state index contributed by atoms with van der Waals surface area (Å²) >= 11 is 5.81. The number of H-pyrrole nitrogens is 1. The standard InChI is InChI=1S/C15H19ClN2.ClH/c1-10-4-5-13-12(9-10)11-6-8-17-14(3-2-7-16)15(11)18-13;/h4-5,9,14,17-18H,2-3,6-8H2,1H3;1H. The maximum Gasteiger partial charge on any atom is 0.0476 e. The molecular weight excluding hydrogens is 279 g/mol. The number of aryl methyl sites for hydroxylation is 1. The molecule has 0 fully saturated rings. The van der Waals surface area contributed by atoms with Crippen molar-refractivity contribution in [1.29, 1.82) is 0 Å². The first-order chi connectivity index (χ1) is 8.79. The van der Waals surface area contributed by atoms with Crippen molar-refractivity contribution in [2.45, 2.75) is 32.2 Å². The third-order valence-corrected chi connectivity index (χ3v) is 4.10. The quantitative estimate of drug-likeness (QED) is 0.820. The lowest BCUT2D eigenvalue weighted by molar-refractivity contribution is 0.465. The van der Waals surface area contributed by atoms with E-state index in [0.717, 1.165) is 31.7 Å². The van der Waals surface area contributed by atoms with E-state index in [1.807, 2.05) is 0 Å². The predicted octanol–water partition coefficient (Wildman–Crippen LogP) is 4.10. The number of aromatic amines is 1. The second-order valence-corrected chi connectivity index (χ2v) is 5.53. The number of hydrogen-bond acceptors (Lipinski definition) is 1.